The van der Waals surface area contributed by atoms with Gasteiger partial charge in [0.25, 0.3) is 5.91 Å². The highest BCUT2D eigenvalue weighted by Gasteiger charge is 2.68. The maximum Gasteiger partial charge on any atom is 0.272 e. The second-order valence-corrected chi connectivity index (χ2v) is 10.3. The van der Waals surface area contributed by atoms with E-state index in [2.05, 4.69) is 15.5 Å². The van der Waals surface area contributed by atoms with Crippen molar-refractivity contribution < 1.29 is 14.4 Å². The van der Waals surface area contributed by atoms with Crippen LogP contribution in [0.15, 0.2) is 102 Å². The van der Waals surface area contributed by atoms with Crippen LogP contribution in [0.1, 0.15) is 44.1 Å². The maximum atomic E-state index is 14.3. The fourth-order valence-corrected chi connectivity index (χ4v) is 6.75. The van der Waals surface area contributed by atoms with Crippen LogP contribution in [0.5, 0.6) is 0 Å². The van der Waals surface area contributed by atoms with Crippen molar-refractivity contribution in [3.8, 4) is 0 Å². The van der Waals surface area contributed by atoms with E-state index >= 15 is 0 Å². The van der Waals surface area contributed by atoms with Gasteiger partial charge in [0.1, 0.15) is 0 Å². The van der Waals surface area contributed by atoms with E-state index in [1.54, 1.807) is 24.5 Å². The quantitative estimate of drug-likeness (QED) is 0.250. The van der Waals surface area contributed by atoms with E-state index in [9.17, 15) is 14.4 Å². The molecule has 0 radical (unpaired) electrons. The lowest BCUT2D eigenvalue weighted by Gasteiger charge is -2.52. The number of aromatic nitrogens is 1. The highest BCUT2D eigenvalue weighted by Crippen LogP contribution is 2.63. The summed E-state index contributed by atoms with van der Waals surface area (Å²) in [5, 5.41) is 4.43. The molecule has 39 heavy (non-hydrogen) atoms. The average Bonchev–Trinajstić information content (AvgIpc) is 3.25. The lowest BCUT2D eigenvalue weighted by Crippen LogP contribution is -2.54. The highest BCUT2D eigenvalue weighted by molar-refractivity contribution is 6.25. The molecule has 4 aliphatic rings. The minimum atomic E-state index is -1.04. The number of carbonyl (C=O) groups is 3. The van der Waals surface area contributed by atoms with Gasteiger partial charge in [-0.3, -0.25) is 19.4 Å². The Bertz CT molecular complexity index is 1630. The van der Waals surface area contributed by atoms with Crippen molar-refractivity contribution >= 4 is 29.6 Å². The first kappa shape index (κ1) is 23.2. The number of nitrogens with one attached hydrogen (secondary N) is 1. The van der Waals surface area contributed by atoms with Crippen LogP contribution in [0, 0.1) is 18.8 Å². The Hall–Kier alpha value is -4.91. The zero-order valence-corrected chi connectivity index (χ0v) is 21.1. The second-order valence-electron chi connectivity index (χ2n) is 10.3. The van der Waals surface area contributed by atoms with Crippen LogP contribution in [0.4, 0.5) is 5.69 Å². The molecule has 7 heteroatoms. The van der Waals surface area contributed by atoms with E-state index in [4.69, 9.17) is 0 Å². The van der Waals surface area contributed by atoms with Crippen molar-refractivity contribution in [3.05, 3.63) is 131 Å². The van der Waals surface area contributed by atoms with Crippen molar-refractivity contribution in [3.63, 3.8) is 0 Å². The number of anilines is 1. The Kier molecular flexibility index (Phi) is 5.10. The fourth-order valence-electron chi connectivity index (χ4n) is 6.75. The van der Waals surface area contributed by atoms with Crippen LogP contribution in [-0.2, 0) is 15.0 Å². The van der Waals surface area contributed by atoms with Gasteiger partial charge in [0.15, 0.2) is 0 Å². The average molecular weight is 513 g/mol. The number of amides is 3. The van der Waals surface area contributed by atoms with Gasteiger partial charge in [0, 0.05) is 24.5 Å². The molecular formula is C32H24N4O3. The summed E-state index contributed by atoms with van der Waals surface area (Å²) in [6.45, 7) is 1.97. The Morgan fingerprint density at radius 3 is 2.21 bits per heavy atom. The molecule has 0 saturated carbocycles. The maximum absolute atomic E-state index is 14.3. The third-order valence-corrected chi connectivity index (χ3v) is 8.33. The van der Waals surface area contributed by atoms with E-state index < -0.39 is 23.2 Å². The summed E-state index contributed by atoms with van der Waals surface area (Å²) >= 11 is 0. The Morgan fingerprint density at radius 2 is 1.56 bits per heavy atom. The molecule has 3 aliphatic carbocycles. The van der Waals surface area contributed by atoms with E-state index in [0.29, 0.717) is 11.3 Å². The van der Waals surface area contributed by atoms with Crippen LogP contribution in [0.2, 0.25) is 0 Å². The number of pyridine rings is 1. The zero-order valence-electron chi connectivity index (χ0n) is 21.1. The summed E-state index contributed by atoms with van der Waals surface area (Å²) in [5.74, 6) is -2.43. The number of benzene rings is 3. The molecule has 1 aromatic heterocycles. The van der Waals surface area contributed by atoms with Crippen LogP contribution in [-0.4, -0.2) is 28.9 Å². The smallest absolute Gasteiger partial charge is 0.272 e. The van der Waals surface area contributed by atoms with Crippen LogP contribution in [0.25, 0.3) is 0 Å². The Balaban J connectivity index is 1.41. The normalized spacial score (nSPS) is 24.4. The second kappa shape index (κ2) is 8.56. The summed E-state index contributed by atoms with van der Waals surface area (Å²) in [4.78, 5) is 46.6. The monoisotopic (exact) mass is 512 g/mol. The summed E-state index contributed by atoms with van der Waals surface area (Å²) in [5.41, 5.74) is 7.44. The van der Waals surface area contributed by atoms with Crippen molar-refractivity contribution in [2.45, 2.75) is 18.3 Å². The lowest BCUT2D eigenvalue weighted by atomic mass is 9.47. The molecule has 2 bridgehead atoms. The summed E-state index contributed by atoms with van der Waals surface area (Å²) in [6.07, 6.45) is 4.72. The van der Waals surface area contributed by atoms with E-state index in [-0.39, 0.29) is 17.7 Å². The first-order valence-corrected chi connectivity index (χ1v) is 12.9. The molecule has 0 unspecified atom stereocenters. The van der Waals surface area contributed by atoms with Crippen molar-refractivity contribution in [1.29, 1.82) is 0 Å². The number of imide groups is 1. The molecule has 1 saturated heterocycles. The minimum absolute atomic E-state index is 0.208. The third kappa shape index (κ3) is 3.19. The van der Waals surface area contributed by atoms with Gasteiger partial charge in [0.05, 0.1) is 28.5 Å². The summed E-state index contributed by atoms with van der Waals surface area (Å²) < 4.78 is 0. The Morgan fingerprint density at radius 1 is 0.897 bits per heavy atom. The molecule has 2 atom stereocenters. The lowest BCUT2D eigenvalue weighted by molar-refractivity contribution is -0.122. The van der Waals surface area contributed by atoms with Crippen LogP contribution in [0.3, 0.4) is 0 Å². The highest BCUT2D eigenvalue weighted by atomic mass is 16.2. The summed E-state index contributed by atoms with van der Waals surface area (Å²) in [7, 11) is 0. The van der Waals surface area contributed by atoms with Gasteiger partial charge in [-0.1, -0.05) is 66.2 Å². The molecule has 1 fully saturated rings. The molecule has 2 heterocycles. The molecule has 0 spiro atoms. The number of hydrogen-bond donors (Lipinski definition) is 1. The van der Waals surface area contributed by atoms with Gasteiger partial charge in [-0.05, 0) is 53.4 Å². The van der Waals surface area contributed by atoms with Crippen molar-refractivity contribution in [1.82, 2.24) is 10.4 Å². The SMILES string of the molecule is Cc1ccc(N2C(=O)[C@@H]3[C@@H](C2=O)C2c4ccccc4C3(/C=N/NC(=O)c3cccnc3)c3ccccc32)cc1. The molecule has 7 nitrogen and oxygen atoms in total. The van der Waals surface area contributed by atoms with E-state index in [0.717, 1.165) is 27.8 Å². The van der Waals surface area contributed by atoms with E-state index in [1.807, 2.05) is 79.7 Å². The fraction of sp³-hybridized carbons (Fsp3) is 0.156. The summed E-state index contributed by atoms with van der Waals surface area (Å²) in [6, 6.07) is 26.7. The topological polar surface area (TPSA) is 91.7 Å². The van der Waals surface area contributed by atoms with Gasteiger partial charge in [-0.2, -0.15) is 5.10 Å². The first-order chi connectivity index (χ1) is 19.0. The zero-order chi connectivity index (χ0) is 26.7. The molecule has 1 aliphatic heterocycles. The number of carbonyl (C=O) groups excluding carboxylic acids is 3. The predicted octanol–water partition coefficient (Wildman–Crippen LogP) is 4.36. The molecule has 1 N–H and O–H groups in total. The number of rotatable bonds is 4. The Labute approximate surface area is 225 Å². The minimum Gasteiger partial charge on any atom is -0.274 e. The number of aryl methyl sites for hydroxylation is 1. The van der Waals surface area contributed by atoms with Crippen LogP contribution >= 0.6 is 0 Å². The van der Waals surface area contributed by atoms with Crippen molar-refractivity contribution in [2.75, 3.05) is 4.90 Å². The molecule has 190 valence electrons. The van der Waals surface area contributed by atoms with Crippen molar-refractivity contribution in [2.24, 2.45) is 16.9 Å². The van der Waals surface area contributed by atoms with Gasteiger partial charge < -0.3 is 0 Å². The van der Waals surface area contributed by atoms with Gasteiger partial charge >= 0.3 is 0 Å². The molecule has 4 aromatic rings. The van der Waals surface area contributed by atoms with Gasteiger partial charge in [0.2, 0.25) is 11.8 Å². The molecule has 3 amide bonds. The predicted molar refractivity (Wildman–Crippen MR) is 146 cm³/mol. The number of hydrazone groups is 1. The van der Waals surface area contributed by atoms with Gasteiger partial charge in [-0.15, -0.1) is 0 Å². The van der Waals surface area contributed by atoms with E-state index in [1.165, 1.54) is 11.1 Å². The van der Waals surface area contributed by atoms with Gasteiger partial charge in [-0.25, -0.2) is 10.3 Å². The molecular weight excluding hydrogens is 488 g/mol. The largest absolute Gasteiger partial charge is 0.274 e. The first-order valence-electron chi connectivity index (χ1n) is 12.9. The third-order valence-electron chi connectivity index (χ3n) is 8.33. The standard InChI is InChI=1S/C32H24N4O3/c1-19-12-14-21(15-13-19)36-30(38)27-26-22-8-2-4-10-24(22)32(28(27)31(36)39,25-11-5-3-9-23(25)26)18-34-35-29(37)20-7-6-16-33-17-20/h2-18,26-28H,1H3,(H,35,37)/b34-18+/t26?,27-,28-,32?/m0/s1. The van der Waals surface area contributed by atoms with Crippen LogP contribution < -0.4 is 10.3 Å². The molecule has 3 aromatic carbocycles. The number of nitrogens with zero attached hydrogens (tertiary/aromatic N) is 3. The number of hydrogen-bond acceptors (Lipinski definition) is 5. The molecule has 8 rings (SSSR count).